The van der Waals surface area contributed by atoms with Gasteiger partial charge in [0, 0.05) is 5.97 Å². The van der Waals surface area contributed by atoms with Crippen molar-refractivity contribution in [2.75, 3.05) is 0 Å². The van der Waals surface area contributed by atoms with E-state index in [1.54, 1.807) is 0 Å². The van der Waals surface area contributed by atoms with Gasteiger partial charge in [0.2, 0.25) is 0 Å². The first kappa shape index (κ1) is 11.4. The van der Waals surface area contributed by atoms with E-state index in [1.807, 2.05) is 0 Å². The number of carboxylic acid groups (broad SMARTS) is 2. The monoisotopic (exact) mass is 225 g/mol. The van der Waals surface area contributed by atoms with Gasteiger partial charge in [-0.25, -0.2) is 0 Å². The molecule has 2 fully saturated rings. The smallest absolute Gasteiger partial charge is 0.306 e. The van der Waals surface area contributed by atoms with Crippen molar-refractivity contribution in [3.8, 4) is 0 Å². The van der Waals surface area contributed by atoms with E-state index in [-0.39, 0.29) is 11.8 Å². The van der Waals surface area contributed by atoms with Crippen LogP contribution < -0.4 is 5.11 Å². The molecule has 90 valence electrons. The van der Waals surface area contributed by atoms with E-state index in [0.29, 0.717) is 25.2 Å². The van der Waals surface area contributed by atoms with Crippen LogP contribution in [-0.2, 0) is 9.59 Å². The molecule has 2 aliphatic carbocycles. The van der Waals surface area contributed by atoms with Crippen LogP contribution in [0.3, 0.4) is 0 Å². The molecule has 0 aliphatic heterocycles. The zero-order chi connectivity index (χ0) is 11.7. The number of carboxylic acids is 2. The van der Waals surface area contributed by atoms with Crippen molar-refractivity contribution < 1.29 is 19.8 Å². The molecular weight excluding hydrogens is 208 g/mol. The molecule has 0 amide bonds. The Balaban J connectivity index is 2.09. The first-order valence-corrected chi connectivity index (χ1v) is 6.03. The molecule has 1 N–H and O–H groups in total. The molecule has 4 heteroatoms. The van der Waals surface area contributed by atoms with Gasteiger partial charge in [0.1, 0.15) is 0 Å². The van der Waals surface area contributed by atoms with Gasteiger partial charge in [-0.15, -0.1) is 0 Å². The lowest BCUT2D eigenvalue weighted by Crippen LogP contribution is -2.42. The molecule has 4 unspecified atom stereocenters. The van der Waals surface area contributed by atoms with E-state index in [0.717, 1.165) is 19.3 Å². The van der Waals surface area contributed by atoms with Gasteiger partial charge in [-0.3, -0.25) is 4.79 Å². The maximum atomic E-state index is 11.1. The zero-order valence-electron chi connectivity index (χ0n) is 9.22. The van der Waals surface area contributed by atoms with Crippen LogP contribution in [0.2, 0.25) is 0 Å². The van der Waals surface area contributed by atoms with Crippen LogP contribution in [0.15, 0.2) is 0 Å². The highest BCUT2D eigenvalue weighted by atomic mass is 16.4. The second kappa shape index (κ2) is 4.44. The van der Waals surface area contributed by atoms with Crippen molar-refractivity contribution in [2.24, 2.45) is 23.7 Å². The third-order valence-electron chi connectivity index (χ3n) is 4.31. The number of carbonyl (C=O) groups is 2. The minimum atomic E-state index is -1.01. The molecule has 0 radical (unpaired) electrons. The van der Waals surface area contributed by atoms with Gasteiger partial charge in [0.25, 0.3) is 0 Å². The van der Waals surface area contributed by atoms with E-state index < -0.39 is 17.9 Å². The lowest BCUT2D eigenvalue weighted by Gasteiger charge is -2.42. The predicted octanol–water partition coefficient (Wildman–Crippen LogP) is 0.653. The largest absolute Gasteiger partial charge is 0.550 e. The van der Waals surface area contributed by atoms with Crippen LogP contribution in [0.5, 0.6) is 0 Å². The number of hydrogen-bond acceptors (Lipinski definition) is 3. The molecule has 0 spiro atoms. The molecule has 0 aromatic rings. The summed E-state index contributed by atoms with van der Waals surface area (Å²) in [4.78, 5) is 22.0. The molecular formula is C12H17O4-. The summed E-state index contributed by atoms with van der Waals surface area (Å²) < 4.78 is 0. The summed E-state index contributed by atoms with van der Waals surface area (Å²) in [5.74, 6) is -2.04. The molecule has 0 aromatic carbocycles. The highest BCUT2D eigenvalue weighted by Gasteiger charge is 2.41. The highest BCUT2D eigenvalue weighted by molar-refractivity contribution is 5.71. The van der Waals surface area contributed by atoms with E-state index in [2.05, 4.69) is 0 Å². The van der Waals surface area contributed by atoms with Gasteiger partial charge in [0.15, 0.2) is 0 Å². The number of fused-ring (bicyclic) bond motifs is 1. The van der Waals surface area contributed by atoms with E-state index in [1.165, 1.54) is 0 Å². The Bertz CT molecular complexity index is 299. The summed E-state index contributed by atoms with van der Waals surface area (Å²) in [5, 5.41) is 20.0. The Morgan fingerprint density at radius 2 is 1.88 bits per heavy atom. The summed E-state index contributed by atoms with van der Waals surface area (Å²) >= 11 is 0. The predicted molar refractivity (Wildman–Crippen MR) is 54.3 cm³/mol. The standard InChI is InChI=1S/C12H18O4/c13-11(14)8-5-4-7-2-1-3-9(12(15)16)10(7)6-8/h7-10H,1-6H2,(H,13,14)(H,15,16)/p-1. The Morgan fingerprint density at radius 1 is 1.12 bits per heavy atom. The average molecular weight is 225 g/mol. The van der Waals surface area contributed by atoms with Crippen LogP contribution in [0.1, 0.15) is 38.5 Å². The van der Waals surface area contributed by atoms with Crippen molar-refractivity contribution in [1.29, 1.82) is 0 Å². The fraction of sp³-hybridized carbons (Fsp3) is 0.833. The maximum absolute atomic E-state index is 11.1. The summed E-state index contributed by atoms with van der Waals surface area (Å²) in [6, 6.07) is 0. The second-order valence-corrected chi connectivity index (χ2v) is 5.13. The lowest BCUT2D eigenvalue weighted by atomic mass is 9.63. The number of carbonyl (C=O) groups excluding carboxylic acids is 1. The van der Waals surface area contributed by atoms with Gasteiger partial charge in [-0.05, 0) is 43.4 Å². The highest BCUT2D eigenvalue weighted by Crippen LogP contribution is 2.45. The molecule has 2 aliphatic rings. The molecule has 4 atom stereocenters. The fourth-order valence-electron chi connectivity index (χ4n) is 3.45. The van der Waals surface area contributed by atoms with Crippen molar-refractivity contribution in [3.05, 3.63) is 0 Å². The van der Waals surface area contributed by atoms with E-state index >= 15 is 0 Å². The summed E-state index contributed by atoms with van der Waals surface area (Å²) in [7, 11) is 0. The van der Waals surface area contributed by atoms with Gasteiger partial charge >= 0.3 is 5.97 Å². The van der Waals surface area contributed by atoms with E-state index in [4.69, 9.17) is 5.11 Å². The molecule has 16 heavy (non-hydrogen) atoms. The number of rotatable bonds is 2. The van der Waals surface area contributed by atoms with Gasteiger partial charge < -0.3 is 15.0 Å². The second-order valence-electron chi connectivity index (χ2n) is 5.13. The minimum absolute atomic E-state index is 0.0582. The molecule has 2 rings (SSSR count). The van der Waals surface area contributed by atoms with Gasteiger partial charge in [0.05, 0.1) is 5.92 Å². The molecule has 0 bridgehead atoms. The lowest BCUT2D eigenvalue weighted by molar-refractivity contribution is -0.313. The van der Waals surface area contributed by atoms with Crippen LogP contribution >= 0.6 is 0 Å². The Morgan fingerprint density at radius 3 is 2.50 bits per heavy atom. The van der Waals surface area contributed by atoms with Crippen molar-refractivity contribution >= 4 is 11.9 Å². The summed E-state index contributed by atoms with van der Waals surface area (Å²) in [6.45, 7) is 0. The summed E-state index contributed by atoms with van der Waals surface area (Å²) in [5.41, 5.74) is 0. The van der Waals surface area contributed by atoms with Crippen molar-refractivity contribution in [3.63, 3.8) is 0 Å². The molecule has 2 saturated carbocycles. The topological polar surface area (TPSA) is 77.4 Å². The maximum Gasteiger partial charge on any atom is 0.306 e. The van der Waals surface area contributed by atoms with Crippen LogP contribution in [0, 0.1) is 23.7 Å². The SMILES string of the molecule is O=C([O-])C1CCC2CCCC(C(=O)O)C2C1. The normalized spacial score (nSPS) is 38.8. The third kappa shape index (κ3) is 2.06. The minimum Gasteiger partial charge on any atom is -0.550 e. The first-order chi connectivity index (χ1) is 7.59. The van der Waals surface area contributed by atoms with Gasteiger partial charge in [-0.2, -0.15) is 0 Å². The Labute approximate surface area is 94.7 Å². The van der Waals surface area contributed by atoms with E-state index in [9.17, 15) is 14.7 Å². The number of hydrogen-bond donors (Lipinski definition) is 1. The molecule has 0 heterocycles. The number of aliphatic carboxylic acids is 2. The Kier molecular flexibility index (Phi) is 3.17. The van der Waals surface area contributed by atoms with Crippen LogP contribution in [0.25, 0.3) is 0 Å². The molecule has 0 aromatic heterocycles. The van der Waals surface area contributed by atoms with Gasteiger partial charge in [-0.1, -0.05) is 12.8 Å². The molecule has 0 saturated heterocycles. The third-order valence-corrected chi connectivity index (χ3v) is 4.31. The fourth-order valence-corrected chi connectivity index (χ4v) is 3.45. The quantitative estimate of drug-likeness (QED) is 0.748. The summed E-state index contributed by atoms with van der Waals surface area (Å²) in [6.07, 6.45) is 4.76. The van der Waals surface area contributed by atoms with Crippen molar-refractivity contribution in [2.45, 2.75) is 38.5 Å². The van der Waals surface area contributed by atoms with Crippen molar-refractivity contribution in [1.82, 2.24) is 0 Å². The Hall–Kier alpha value is -1.06. The average Bonchev–Trinajstić information content (AvgIpc) is 2.27. The zero-order valence-corrected chi connectivity index (χ0v) is 9.22. The van der Waals surface area contributed by atoms with Crippen LogP contribution in [-0.4, -0.2) is 17.0 Å². The first-order valence-electron chi connectivity index (χ1n) is 6.03. The molecule has 4 nitrogen and oxygen atoms in total. The van der Waals surface area contributed by atoms with Crippen LogP contribution in [0.4, 0.5) is 0 Å².